The van der Waals surface area contributed by atoms with Gasteiger partial charge in [0.25, 0.3) is 0 Å². The zero-order valence-electron chi connectivity index (χ0n) is 17.4. The second-order valence-corrected chi connectivity index (χ2v) is 8.58. The SMILES string of the molecule is Cc1cccc(C)c1-c1cc(-c2ccccc2C(C)(C)CC(C)C)ncn1. The van der Waals surface area contributed by atoms with E-state index in [1.54, 1.807) is 6.33 Å². The fourth-order valence-electron chi connectivity index (χ4n) is 4.29. The Balaban J connectivity index is 2.12. The summed E-state index contributed by atoms with van der Waals surface area (Å²) >= 11 is 0. The highest BCUT2D eigenvalue weighted by atomic mass is 14.8. The Morgan fingerprint density at radius 1 is 0.852 bits per heavy atom. The summed E-state index contributed by atoms with van der Waals surface area (Å²) in [6.45, 7) is 13.5. The van der Waals surface area contributed by atoms with Gasteiger partial charge in [0.1, 0.15) is 6.33 Å². The van der Waals surface area contributed by atoms with Gasteiger partial charge in [-0.15, -0.1) is 0 Å². The number of benzene rings is 2. The normalized spacial score (nSPS) is 11.8. The molecule has 0 N–H and O–H groups in total. The lowest BCUT2D eigenvalue weighted by Crippen LogP contribution is -2.20. The fourth-order valence-corrected chi connectivity index (χ4v) is 4.29. The van der Waals surface area contributed by atoms with Crippen molar-refractivity contribution in [1.82, 2.24) is 9.97 Å². The summed E-state index contributed by atoms with van der Waals surface area (Å²) < 4.78 is 0. The van der Waals surface area contributed by atoms with Crippen LogP contribution in [0, 0.1) is 19.8 Å². The van der Waals surface area contributed by atoms with Gasteiger partial charge in [-0.05, 0) is 54.4 Å². The molecule has 0 fully saturated rings. The van der Waals surface area contributed by atoms with Crippen LogP contribution in [0.15, 0.2) is 54.9 Å². The molecule has 2 aromatic carbocycles. The third-order valence-corrected chi connectivity index (χ3v) is 5.26. The maximum atomic E-state index is 4.64. The first-order chi connectivity index (χ1) is 12.8. The fraction of sp³-hybridized carbons (Fsp3) is 0.360. The third-order valence-electron chi connectivity index (χ3n) is 5.26. The summed E-state index contributed by atoms with van der Waals surface area (Å²) in [5.74, 6) is 0.642. The highest BCUT2D eigenvalue weighted by Gasteiger charge is 2.25. The minimum Gasteiger partial charge on any atom is -0.236 e. The van der Waals surface area contributed by atoms with Crippen LogP contribution in [0.4, 0.5) is 0 Å². The molecular weight excluding hydrogens is 328 g/mol. The zero-order valence-corrected chi connectivity index (χ0v) is 17.4. The largest absolute Gasteiger partial charge is 0.236 e. The quantitative estimate of drug-likeness (QED) is 0.504. The van der Waals surface area contributed by atoms with Gasteiger partial charge in [0.2, 0.25) is 0 Å². The van der Waals surface area contributed by atoms with E-state index >= 15 is 0 Å². The van der Waals surface area contributed by atoms with Crippen molar-refractivity contribution in [2.45, 2.75) is 53.4 Å². The minimum absolute atomic E-state index is 0.0917. The van der Waals surface area contributed by atoms with Crippen molar-refractivity contribution < 1.29 is 0 Å². The van der Waals surface area contributed by atoms with Crippen molar-refractivity contribution in [2.24, 2.45) is 5.92 Å². The van der Waals surface area contributed by atoms with Gasteiger partial charge in [-0.1, -0.05) is 70.2 Å². The van der Waals surface area contributed by atoms with Crippen molar-refractivity contribution in [2.75, 3.05) is 0 Å². The smallest absolute Gasteiger partial charge is 0.116 e. The van der Waals surface area contributed by atoms with Gasteiger partial charge in [-0.2, -0.15) is 0 Å². The average molecular weight is 359 g/mol. The molecule has 2 heteroatoms. The average Bonchev–Trinajstić information content (AvgIpc) is 2.61. The van der Waals surface area contributed by atoms with Crippen LogP contribution < -0.4 is 0 Å². The molecule has 0 spiro atoms. The van der Waals surface area contributed by atoms with Crippen molar-refractivity contribution in [3.8, 4) is 22.5 Å². The number of aryl methyl sites for hydroxylation is 2. The van der Waals surface area contributed by atoms with Gasteiger partial charge >= 0.3 is 0 Å². The molecule has 3 aromatic rings. The Bertz CT molecular complexity index is 918. The molecule has 0 aliphatic rings. The van der Waals surface area contributed by atoms with E-state index in [1.165, 1.54) is 27.8 Å². The van der Waals surface area contributed by atoms with Crippen LogP contribution in [0.5, 0.6) is 0 Å². The van der Waals surface area contributed by atoms with Crippen molar-refractivity contribution in [1.29, 1.82) is 0 Å². The van der Waals surface area contributed by atoms with Crippen LogP contribution in [0.2, 0.25) is 0 Å². The van der Waals surface area contributed by atoms with Crippen molar-refractivity contribution in [3.05, 3.63) is 71.5 Å². The maximum absolute atomic E-state index is 4.64. The molecule has 0 atom stereocenters. The molecule has 0 amide bonds. The Kier molecular flexibility index (Phi) is 5.46. The summed E-state index contributed by atoms with van der Waals surface area (Å²) in [6, 6.07) is 17.2. The van der Waals surface area contributed by atoms with E-state index in [-0.39, 0.29) is 5.41 Å². The van der Waals surface area contributed by atoms with E-state index in [2.05, 4.69) is 100 Å². The lowest BCUT2D eigenvalue weighted by molar-refractivity contribution is 0.400. The van der Waals surface area contributed by atoms with Gasteiger partial charge in [-0.25, -0.2) is 9.97 Å². The van der Waals surface area contributed by atoms with Gasteiger partial charge in [0.15, 0.2) is 0 Å². The van der Waals surface area contributed by atoms with Gasteiger partial charge in [0, 0.05) is 11.1 Å². The van der Waals surface area contributed by atoms with Crippen LogP contribution in [0.3, 0.4) is 0 Å². The summed E-state index contributed by atoms with van der Waals surface area (Å²) in [4.78, 5) is 9.22. The predicted octanol–water partition coefficient (Wildman–Crippen LogP) is 6.75. The predicted molar refractivity (Wildman–Crippen MR) is 115 cm³/mol. The topological polar surface area (TPSA) is 25.8 Å². The lowest BCUT2D eigenvalue weighted by Gasteiger charge is -2.29. The van der Waals surface area contributed by atoms with E-state index in [1.807, 2.05) is 0 Å². The number of aromatic nitrogens is 2. The number of hydrogen-bond acceptors (Lipinski definition) is 2. The Labute approximate surface area is 163 Å². The van der Waals surface area contributed by atoms with Gasteiger partial charge in [0.05, 0.1) is 11.4 Å². The second-order valence-electron chi connectivity index (χ2n) is 8.58. The summed E-state index contributed by atoms with van der Waals surface area (Å²) in [5.41, 5.74) is 8.33. The summed E-state index contributed by atoms with van der Waals surface area (Å²) in [6.07, 6.45) is 2.83. The van der Waals surface area contributed by atoms with Crippen LogP contribution in [0.25, 0.3) is 22.5 Å². The maximum Gasteiger partial charge on any atom is 0.116 e. The highest BCUT2D eigenvalue weighted by Crippen LogP contribution is 2.37. The molecule has 0 bridgehead atoms. The molecule has 27 heavy (non-hydrogen) atoms. The molecule has 0 radical (unpaired) electrons. The highest BCUT2D eigenvalue weighted by molar-refractivity contribution is 5.73. The molecule has 140 valence electrons. The summed E-state index contributed by atoms with van der Waals surface area (Å²) in [7, 11) is 0. The third kappa shape index (κ3) is 4.10. The van der Waals surface area contributed by atoms with Crippen LogP contribution in [-0.4, -0.2) is 9.97 Å². The molecule has 1 heterocycles. The van der Waals surface area contributed by atoms with E-state index < -0.39 is 0 Å². The minimum atomic E-state index is 0.0917. The molecule has 0 saturated heterocycles. The number of hydrogen-bond donors (Lipinski definition) is 0. The van der Waals surface area contributed by atoms with Crippen LogP contribution in [-0.2, 0) is 5.41 Å². The van der Waals surface area contributed by atoms with Crippen LogP contribution in [0.1, 0.15) is 50.8 Å². The molecule has 0 aliphatic heterocycles. The summed E-state index contributed by atoms with van der Waals surface area (Å²) in [5, 5.41) is 0. The molecular formula is C25H30N2. The Morgan fingerprint density at radius 2 is 1.48 bits per heavy atom. The van der Waals surface area contributed by atoms with Gasteiger partial charge in [-0.3, -0.25) is 0 Å². The number of nitrogens with zero attached hydrogens (tertiary/aromatic N) is 2. The van der Waals surface area contributed by atoms with E-state index in [9.17, 15) is 0 Å². The van der Waals surface area contributed by atoms with E-state index in [0.29, 0.717) is 5.92 Å². The first kappa shape index (κ1) is 19.3. The monoisotopic (exact) mass is 358 g/mol. The molecule has 0 aliphatic carbocycles. The van der Waals surface area contributed by atoms with Gasteiger partial charge < -0.3 is 0 Å². The Morgan fingerprint density at radius 3 is 2.15 bits per heavy atom. The molecule has 0 saturated carbocycles. The zero-order chi connectivity index (χ0) is 19.6. The molecule has 1 aromatic heterocycles. The van der Waals surface area contributed by atoms with Crippen LogP contribution >= 0.6 is 0 Å². The van der Waals surface area contributed by atoms with E-state index in [0.717, 1.165) is 17.8 Å². The standard InChI is InChI=1S/C25H30N2/c1-17(2)15-25(5,6)21-13-8-7-12-20(21)22-14-23(27-16-26-22)24-18(3)10-9-11-19(24)4/h7-14,16-17H,15H2,1-6H3. The first-order valence-electron chi connectivity index (χ1n) is 9.78. The molecule has 0 unspecified atom stereocenters. The molecule has 3 rings (SSSR count). The molecule has 2 nitrogen and oxygen atoms in total. The number of rotatable bonds is 5. The first-order valence-corrected chi connectivity index (χ1v) is 9.78. The lowest BCUT2D eigenvalue weighted by atomic mass is 9.75. The van der Waals surface area contributed by atoms with Crippen molar-refractivity contribution in [3.63, 3.8) is 0 Å². The van der Waals surface area contributed by atoms with Crippen molar-refractivity contribution >= 4 is 0 Å². The Hall–Kier alpha value is -2.48. The second kappa shape index (κ2) is 7.64. The van der Waals surface area contributed by atoms with E-state index in [4.69, 9.17) is 0 Å².